The lowest BCUT2D eigenvalue weighted by atomic mass is 10.1. The highest BCUT2D eigenvalue weighted by atomic mass is 35.5. The van der Waals surface area contributed by atoms with E-state index in [1.54, 1.807) is 4.90 Å². The summed E-state index contributed by atoms with van der Waals surface area (Å²) < 4.78 is 37.7. The third kappa shape index (κ3) is 3.85. The summed E-state index contributed by atoms with van der Waals surface area (Å²) in [4.78, 5) is 17.5. The van der Waals surface area contributed by atoms with Crippen molar-refractivity contribution in [3.8, 4) is 0 Å². The predicted molar refractivity (Wildman–Crippen MR) is 74.6 cm³/mol. The molecule has 1 atom stereocenters. The zero-order valence-corrected chi connectivity index (χ0v) is 12.5. The number of nitrogens with zero attached hydrogens (tertiary/aromatic N) is 2. The topological polar surface area (TPSA) is 45.2 Å². The second-order valence-electron chi connectivity index (χ2n) is 4.88. The Morgan fingerprint density at radius 1 is 1.43 bits per heavy atom. The number of amides is 1. The van der Waals surface area contributed by atoms with Gasteiger partial charge >= 0.3 is 6.18 Å². The van der Waals surface area contributed by atoms with Crippen LogP contribution in [0.1, 0.15) is 28.7 Å². The van der Waals surface area contributed by atoms with Crippen LogP contribution in [0.2, 0.25) is 0 Å². The van der Waals surface area contributed by atoms with Crippen LogP contribution in [0.3, 0.4) is 0 Å². The summed E-state index contributed by atoms with van der Waals surface area (Å²) in [6.45, 7) is 5.23. The number of nitrogens with one attached hydrogen (secondary N) is 1. The van der Waals surface area contributed by atoms with Gasteiger partial charge in [0.15, 0.2) is 0 Å². The lowest BCUT2D eigenvalue weighted by Gasteiger charge is -2.34. The smallest absolute Gasteiger partial charge is 0.333 e. The Bertz CT molecular complexity index is 522. The normalized spacial score (nSPS) is 19.1. The molecular weight excluding hydrogens is 307 g/mol. The average Bonchev–Trinajstić information content (AvgIpc) is 2.37. The molecule has 1 fully saturated rings. The van der Waals surface area contributed by atoms with E-state index in [0.717, 1.165) is 6.07 Å². The van der Waals surface area contributed by atoms with Crippen LogP contribution in [0, 0.1) is 6.92 Å². The standard InChI is InChI=1S/C13H16F3N3O.ClH/c1-8-7-17-5-6-19(8)12(20)10-3-4-11(13(14,15)16)18-9(10)2;/h3-4,8,17H,5-7H2,1-2H3;1H/t8-;/m1./s1. The summed E-state index contributed by atoms with van der Waals surface area (Å²) >= 11 is 0. The molecule has 0 aromatic carbocycles. The highest BCUT2D eigenvalue weighted by Gasteiger charge is 2.33. The van der Waals surface area contributed by atoms with Crippen molar-refractivity contribution >= 4 is 18.3 Å². The summed E-state index contributed by atoms with van der Waals surface area (Å²) in [5.74, 6) is -0.266. The maximum Gasteiger partial charge on any atom is 0.433 e. The molecule has 0 radical (unpaired) electrons. The first-order valence-corrected chi connectivity index (χ1v) is 6.37. The third-order valence-corrected chi connectivity index (χ3v) is 3.37. The zero-order valence-electron chi connectivity index (χ0n) is 11.7. The number of aryl methyl sites for hydroxylation is 1. The van der Waals surface area contributed by atoms with E-state index in [1.165, 1.54) is 13.0 Å². The lowest BCUT2D eigenvalue weighted by Crippen LogP contribution is -2.52. The Morgan fingerprint density at radius 3 is 2.62 bits per heavy atom. The Kier molecular flexibility index (Phi) is 5.58. The van der Waals surface area contributed by atoms with Gasteiger partial charge in [-0.3, -0.25) is 4.79 Å². The van der Waals surface area contributed by atoms with Crippen LogP contribution in [-0.2, 0) is 6.18 Å². The first kappa shape index (κ1) is 17.7. The van der Waals surface area contributed by atoms with Crippen LogP contribution in [0.25, 0.3) is 0 Å². The Balaban J connectivity index is 0.00000220. The number of piperazine rings is 1. The first-order chi connectivity index (χ1) is 9.30. The molecule has 1 aromatic rings. The van der Waals surface area contributed by atoms with E-state index >= 15 is 0 Å². The van der Waals surface area contributed by atoms with Gasteiger partial charge in [0, 0.05) is 25.7 Å². The number of pyridine rings is 1. The second kappa shape index (κ2) is 6.62. The van der Waals surface area contributed by atoms with E-state index in [2.05, 4.69) is 10.3 Å². The van der Waals surface area contributed by atoms with Gasteiger partial charge in [0.2, 0.25) is 0 Å². The van der Waals surface area contributed by atoms with Crippen LogP contribution in [0.15, 0.2) is 12.1 Å². The van der Waals surface area contributed by atoms with Crippen molar-refractivity contribution in [3.63, 3.8) is 0 Å². The van der Waals surface area contributed by atoms with Crippen LogP contribution < -0.4 is 5.32 Å². The van der Waals surface area contributed by atoms with E-state index in [1.807, 2.05) is 6.92 Å². The van der Waals surface area contributed by atoms with E-state index in [0.29, 0.717) is 19.6 Å². The molecule has 2 heterocycles. The van der Waals surface area contributed by atoms with Crippen molar-refractivity contribution in [1.29, 1.82) is 0 Å². The zero-order chi connectivity index (χ0) is 14.9. The molecule has 0 spiro atoms. The van der Waals surface area contributed by atoms with Gasteiger partial charge in [-0.25, -0.2) is 4.98 Å². The molecule has 1 aliphatic rings. The minimum absolute atomic E-state index is 0. The summed E-state index contributed by atoms with van der Waals surface area (Å²) in [5, 5.41) is 3.16. The number of alkyl halides is 3. The van der Waals surface area contributed by atoms with Gasteiger partial charge in [-0.15, -0.1) is 12.4 Å². The fraction of sp³-hybridized carbons (Fsp3) is 0.538. The molecule has 1 aliphatic heterocycles. The van der Waals surface area contributed by atoms with Gasteiger partial charge in [-0.05, 0) is 26.0 Å². The van der Waals surface area contributed by atoms with E-state index < -0.39 is 11.9 Å². The Hall–Kier alpha value is -1.34. The van der Waals surface area contributed by atoms with Crippen molar-refractivity contribution in [2.24, 2.45) is 0 Å². The first-order valence-electron chi connectivity index (χ1n) is 6.37. The fourth-order valence-electron chi connectivity index (χ4n) is 2.24. The number of hydrogen-bond acceptors (Lipinski definition) is 3. The number of carbonyl (C=O) groups excluding carboxylic acids is 1. The van der Waals surface area contributed by atoms with E-state index in [4.69, 9.17) is 0 Å². The minimum atomic E-state index is -4.49. The Morgan fingerprint density at radius 2 is 2.10 bits per heavy atom. The molecule has 0 unspecified atom stereocenters. The van der Waals surface area contributed by atoms with Crippen LogP contribution in [-0.4, -0.2) is 41.5 Å². The Labute approximate surface area is 127 Å². The summed E-state index contributed by atoms with van der Waals surface area (Å²) in [6.07, 6.45) is -4.49. The molecule has 1 saturated heterocycles. The monoisotopic (exact) mass is 323 g/mol. The van der Waals surface area contributed by atoms with Gasteiger partial charge in [0.1, 0.15) is 5.69 Å². The van der Waals surface area contributed by atoms with Crippen molar-refractivity contribution < 1.29 is 18.0 Å². The molecule has 1 N–H and O–H groups in total. The molecule has 8 heteroatoms. The molecule has 0 saturated carbocycles. The molecule has 0 bridgehead atoms. The molecule has 21 heavy (non-hydrogen) atoms. The number of rotatable bonds is 1. The number of halogens is 4. The molecule has 4 nitrogen and oxygen atoms in total. The predicted octanol–water partition coefficient (Wildman–Crippen LogP) is 2.26. The second-order valence-corrected chi connectivity index (χ2v) is 4.88. The maximum absolute atomic E-state index is 12.6. The largest absolute Gasteiger partial charge is 0.433 e. The fourth-order valence-corrected chi connectivity index (χ4v) is 2.24. The molecular formula is C13H17ClF3N3O. The number of aromatic nitrogens is 1. The van der Waals surface area contributed by atoms with Crippen LogP contribution in [0.4, 0.5) is 13.2 Å². The molecule has 118 valence electrons. The third-order valence-electron chi connectivity index (χ3n) is 3.37. The minimum Gasteiger partial charge on any atom is -0.333 e. The highest BCUT2D eigenvalue weighted by Crippen LogP contribution is 2.28. The summed E-state index contributed by atoms with van der Waals surface area (Å²) in [6, 6.07) is 2.08. The van der Waals surface area contributed by atoms with Gasteiger partial charge < -0.3 is 10.2 Å². The van der Waals surface area contributed by atoms with Crippen molar-refractivity contribution in [1.82, 2.24) is 15.2 Å². The van der Waals surface area contributed by atoms with Gasteiger partial charge in [0.25, 0.3) is 5.91 Å². The van der Waals surface area contributed by atoms with Crippen LogP contribution >= 0.6 is 12.4 Å². The lowest BCUT2D eigenvalue weighted by molar-refractivity contribution is -0.141. The van der Waals surface area contributed by atoms with Crippen molar-refractivity contribution in [2.75, 3.05) is 19.6 Å². The van der Waals surface area contributed by atoms with Gasteiger partial charge in [0.05, 0.1) is 11.3 Å². The molecule has 1 aromatic heterocycles. The molecule has 2 rings (SSSR count). The number of hydrogen-bond donors (Lipinski definition) is 1. The average molecular weight is 324 g/mol. The van der Waals surface area contributed by atoms with E-state index in [9.17, 15) is 18.0 Å². The SMILES string of the molecule is Cc1nc(C(F)(F)F)ccc1C(=O)N1CCNC[C@H]1C.Cl. The quantitative estimate of drug-likeness (QED) is 0.862. The number of carbonyl (C=O) groups is 1. The van der Waals surface area contributed by atoms with Gasteiger partial charge in [-0.2, -0.15) is 13.2 Å². The molecule has 1 amide bonds. The summed E-state index contributed by atoms with van der Waals surface area (Å²) in [5.41, 5.74) is -0.637. The summed E-state index contributed by atoms with van der Waals surface area (Å²) in [7, 11) is 0. The van der Waals surface area contributed by atoms with Crippen molar-refractivity contribution in [3.05, 3.63) is 29.1 Å². The van der Waals surface area contributed by atoms with Crippen molar-refractivity contribution in [2.45, 2.75) is 26.1 Å². The maximum atomic E-state index is 12.6. The van der Waals surface area contributed by atoms with E-state index in [-0.39, 0.29) is 35.6 Å². The van der Waals surface area contributed by atoms with Crippen LogP contribution in [0.5, 0.6) is 0 Å². The molecule has 0 aliphatic carbocycles. The highest BCUT2D eigenvalue weighted by molar-refractivity contribution is 5.95. The van der Waals surface area contributed by atoms with Gasteiger partial charge in [-0.1, -0.05) is 0 Å².